The third-order valence-electron chi connectivity index (χ3n) is 9.39. The van der Waals surface area contributed by atoms with Gasteiger partial charge in [-0.25, -0.2) is 9.13 Å². The smallest absolute Gasteiger partial charge is 0.472 e. The first-order valence-electron chi connectivity index (χ1n) is 22.6. The first kappa shape index (κ1) is 61.8. The predicted octanol–water partition coefficient (Wildman–Crippen LogP) is 8.23. The minimum Gasteiger partial charge on any atom is -0.481 e. The van der Waals surface area contributed by atoms with Crippen molar-refractivity contribution in [2.45, 2.75) is 172 Å². The van der Waals surface area contributed by atoms with Gasteiger partial charge in [0.2, 0.25) is 0 Å². The van der Waals surface area contributed by atoms with Crippen molar-refractivity contribution in [1.82, 2.24) is 0 Å². The Kier molecular flexibility index (Phi) is 37.6. The van der Waals surface area contributed by atoms with Gasteiger partial charge in [-0.3, -0.25) is 28.0 Å². The second-order valence-corrected chi connectivity index (χ2v) is 19.9. The van der Waals surface area contributed by atoms with E-state index >= 15 is 0 Å². The summed E-state index contributed by atoms with van der Waals surface area (Å²) in [7, 11) is -9.90. The Labute approximate surface area is 385 Å². The van der Waals surface area contributed by atoms with Crippen LogP contribution in [0.25, 0.3) is 0 Å². The van der Waals surface area contributed by atoms with Crippen LogP contribution in [0, 0.1) is 5.92 Å². The molecule has 20 heteroatoms. The second kappa shape index (κ2) is 38.9. The Hall–Kier alpha value is -2.18. The molecule has 0 aliphatic carbocycles. The highest BCUT2D eigenvalue weighted by molar-refractivity contribution is 8.00. The van der Waals surface area contributed by atoms with Gasteiger partial charge >= 0.3 is 33.6 Å². The predicted molar refractivity (Wildman–Crippen MR) is 249 cm³/mol. The minimum absolute atomic E-state index is 0.0697. The molecule has 0 bridgehead atoms. The van der Waals surface area contributed by atoms with Crippen molar-refractivity contribution in [3.63, 3.8) is 0 Å². The van der Waals surface area contributed by atoms with E-state index in [2.05, 4.69) is 42.0 Å². The molecule has 0 aliphatic rings. The molecule has 17 nitrogen and oxygen atoms in total. The van der Waals surface area contributed by atoms with Crippen molar-refractivity contribution in [2.75, 3.05) is 32.2 Å². The lowest BCUT2D eigenvalue weighted by atomic mass is 10.0. The molecule has 0 saturated carbocycles. The van der Waals surface area contributed by atoms with Gasteiger partial charge in [0.05, 0.1) is 25.9 Å². The van der Waals surface area contributed by atoms with Crippen LogP contribution >= 0.6 is 27.4 Å². The van der Waals surface area contributed by atoms with Crippen molar-refractivity contribution in [3.8, 4) is 0 Å². The van der Waals surface area contributed by atoms with Crippen LogP contribution in [-0.4, -0.2) is 110 Å². The van der Waals surface area contributed by atoms with Crippen LogP contribution in [-0.2, 0) is 46.6 Å². The molecule has 0 aliphatic heterocycles. The molecule has 6 atom stereocenters. The maximum absolute atomic E-state index is 13.2. The summed E-state index contributed by atoms with van der Waals surface area (Å²) >= 11 is 1.13. The molecule has 0 spiro atoms. The van der Waals surface area contributed by atoms with E-state index in [9.17, 15) is 38.6 Å². The lowest BCUT2D eigenvalue weighted by Crippen LogP contribution is -2.40. The fourth-order valence-corrected chi connectivity index (χ4v) is 8.06. The number of aliphatic carboxylic acids is 1. The number of phosphoric acid groups is 2. The number of carbonyl (C=O) groups is 3. The Bertz CT molecular complexity index is 1460. The van der Waals surface area contributed by atoms with E-state index in [1.54, 1.807) is 18.2 Å². The third-order valence-corrected chi connectivity index (χ3v) is 12.2. The van der Waals surface area contributed by atoms with E-state index in [4.69, 9.17) is 34.6 Å². The fraction of sp³-hybridized carbons (Fsp3) is 0.750. The number of carboxylic acids is 1. The van der Waals surface area contributed by atoms with Crippen molar-refractivity contribution >= 4 is 45.3 Å². The molecule has 372 valence electrons. The number of rotatable bonds is 42. The lowest BCUT2D eigenvalue weighted by molar-refractivity contribution is -0.161. The van der Waals surface area contributed by atoms with E-state index in [-0.39, 0.29) is 31.4 Å². The number of esters is 2. The molecule has 64 heavy (non-hydrogen) atoms. The number of hydrogen-bond acceptors (Lipinski definition) is 14. The number of allylic oxidation sites excluding steroid dienone is 7. The number of unbranched alkanes of at least 4 members (excludes halogenated alkanes) is 11. The molecule has 0 radical (unpaired) electrons. The van der Waals surface area contributed by atoms with Gasteiger partial charge in [0.25, 0.3) is 0 Å². The highest BCUT2D eigenvalue weighted by Gasteiger charge is 2.30. The number of aliphatic hydroxyl groups is 2. The standard InChI is InChI=1S/C44H79NO16P2S/c1-4-5-6-7-8-9-10-11-14-17-20-23-28-41(40(47)27-25-29-42(48)49)64-35-39(45)44(51)61-38(34-60-63(55,56)59-32-37(46)31-58-62(52,53)54)33-57-43(50)30-24-21-18-15-12-13-16-19-22-26-36(2)3/h8-9,11,14,17,20,23,28,36-41,46-47H,4-7,10,12-13,15-16,18-19,21-22,24-27,29-35,45H2,1-3H3,(H,48,49)(H,55,56)(H2,52,53,54)/b9-8-,14-11-,20-17+,28-23+/t37-,38+,39-,40-,41+/m0/s1. The quantitative estimate of drug-likeness (QED) is 0.00997. The van der Waals surface area contributed by atoms with Crippen LogP contribution in [0.2, 0.25) is 0 Å². The van der Waals surface area contributed by atoms with Crippen LogP contribution in [0.1, 0.15) is 143 Å². The summed E-state index contributed by atoms with van der Waals surface area (Å²) in [5, 5.41) is 29.2. The van der Waals surface area contributed by atoms with Crippen LogP contribution in [0.4, 0.5) is 0 Å². The number of carboxylic acid groups (broad SMARTS) is 1. The van der Waals surface area contributed by atoms with Gasteiger partial charge in [0.1, 0.15) is 18.8 Å². The van der Waals surface area contributed by atoms with Gasteiger partial charge in [-0.05, 0) is 44.4 Å². The van der Waals surface area contributed by atoms with Gasteiger partial charge in [0, 0.05) is 23.8 Å². The van der Waals surface area contributed by atoms with Crippen LogP contribution in [0.15, 0.2) is 48.6 Å². The largest absolute Gasteiger partial charge is 0.481 e. The number of carbonyl (C=O) groups excluding carboxylic acids is 2. The first-order chi connectivity index (χ1) is 30.3. The zero-order valence-electron chi connectivity index (χ0n) is 38.2. The van der Waals surface area contributed by atoms with E-state index in [0.717, 1.165) is 56.2 Å². The summed E-state index contributed by atoms with van der Waals surface area (Å²) in [5.74, 6) is -1.91. The van der Waals surface area contributed by atoms with Crippen molar-refractivity contribution < 1.29 is 76.6 Å². The van der Waals surface area contributed by atoms with Gasteiger partial charge < -0.3 is 45.2 Å². The number of phosphoric ester groups is 2. The van der Waals surface area contributed by atoms with E-state index in [0.29, 0.717) is 6.42 Å². The van der Waals surface area contributed by atoms with Crippen LogP contribution < -0.4 is 5.73 Å². The van der Waals surface area contributed by atoms with Crippen LogP contribution in [0.5, 0.6) is 0 Å². The SMILES string of the molecule is CCCCC/C=C\C\C=C/C=C/C=C/[C@@H](SC[C@H](N)C(=O)O[C@H](COC(=O)CCCCCCCCCCCC(C)C)COP(=O)(O)OC[C@@H](O)COP(=O)(O)O)[C@@H](O)CCCC(=O)O. The molecule has 0 aromatic rings. The molecule has 0 rings (SSSR count). The summed E-state index contributed by atoms with van der Waals surface area (Å²) in [6, 6.07) is -1.29. The maximum Gasteiger partial charge on any atom is 0.472 e. The maximum atomic E-state index is 13.2. The molecule has 1 unspecified atom stereocenters. The summed E-state index contributed by atoms with van der Waals surface area (Å²) < 4.78 is 48.0. The summed E-state index contributed by atoms with van der Waals surface area (Å²) in [5.41, 5.74) is 6.18. The Morgan fingerprint density at radius 1 is 0.703 bits per heavy atom. The Morgan fingerprint density at radius 3 is 1.97 bits per heavy atom. The highest BCUT2D eigenvalue weighted by atomic mass is 32.2. The third kappa shape index (κ3) is 40.1. The lowest BCUT2D eigenvalue weighted by Gasteiger charge is -2.23. The molecule has 0 aromatic heterocycles. The minimum atomic E-state index is -4.97. The normalized spacial score (nSPS) is 15.8. The zero-order chi connectivity index (χ0) is 48.1. The molecule has 0 heterocycles. The fourth-order valence-electron chi connectivity index (χ4n) is 5.78. The average Bonchev–Trinajstić information content (AvgIpc) is 3.22. The molecule has 0 fully saturated rings. The monoisotopic (exact) mass is 971 g/mol. The van der Waals surface area contributed by atoms with Gasteiger partial charge in [-0.1, -0.05) is 140 Å². The number of ether oxygens (including phenoxy) is 2. The molecule has 0 saturated heterocycles. The molecular formula is C44H79NO16P2S. The molecular weight excluding hydrogens is 892 g/mol. The zero-order valence-corrected chi connectivity index (χ0v) is 40.8. The van der Waals surface area contributed by atoms with Crippen molar-refractivity contribution in [2.24, 2.45) is 11.7 Å². The first-order valence-corrected chi connectivity index (χ1v) is 26.7. The van der Waals surface area contributed by atoms with E-state index < -0.39 is 89.6 Å². The van der Waals surface area contributed by atoms with Crippen molar-refractivity contribution in [1.29, 1.82) is 0 Å². The van der Waals surface area contributed by atoms with E-state index in [1.165, 1.54) is 51.4 Å². The number of thioether (sulfide) groups is 1. The topological polar surface area (TPSA) is 279 Å². The summed E-state index contributed by atoms with van der Waals surface area (Å²) in [4.78, 5) is 64.6. The molecule has 8 N–H and O–H groups in total. The summed E-state index contributed by atoms with van der Waals surface area (Å²) in [6.45, 7) is 3.40. The van der Waals surface area contributed by atoms with Gasteiger partial charge in [0.15, 0.2) is 6.10 Å². The number of hydrogen-bond donors (Lipinski definition) is 7. The van der Waals surface area contributed by atoms with Gasteiger partial charge in [-0.2, -0.15) is 0 Å². The summed E-state index contributed by atoms with van der Waals surface area (Å²) in [6.07, 6.45) is 27.6. The number of nitrogens with two attached hydrogens (primary N) is 1. The number of aliphatic hydroxyl groups excluding tert-OH is 2. The molecule has 0 aromatic carbocycles. The Morgan fingerprint density at radius 2 is 1.33 bits per heavy atom. The molecule has 0 amide bonds. The van der Waals surface area contributed by atoms with Crippen LogP contribution in [0.3, 0.4) is 0 Å². The van der Waals surface area contributed by atoms with E-state index in [1.807, 2.05) is 18.2 Å². The van der Waals surface area contributed by atoms with Crippen molar-refractivity contribution in [3.05, 3.63) is 48.6 Å². The average molecular weight is 972 g/mol. The highest BCUT2D eigenvalue weighted by Crippen LogP contribution is 2.44. The second-order valence-electron chi connectivity index (χ2n) is 16.0. The Balaban J connectivity index is 5.45. The van der Waals surface area contributed by atoms with Gasteiger partial charge in [-0.15, -0.1) is 11.8 Å².